The van der Waals surface area contributed by atoms with E-state index in [9.17, 15) is 18.3 Å². The number of hydrogen-bond donors (Lipinski definition) is 1. The molecule has 0 aromatic heterocycles. The van der Waals surface area contributed by atoms with E-state index in [0.717, 1.165) is 19.3 Å². The molecule has 1 saturated carbocycles. The molecule has 1 aliphatic rings. The Hall–Kier alpha value is -0.880. The number of carboxylic acid groups (broad SMARTS) is 1. The van der Waals surface area contributed by atoms with Gasteiger partial charge in [0, 0.05) is 4.47 Å². The fourth-order valence-electron chi connectivity index (χ4n) is 2.98. The molecule has 4 nitrogen and oxygen atoms in total. The van der Waals surface area contributed by atoms with Gasteiger partial charge in [0.2, 0.25) is 0 Å². The van der Waals surface area contributed by atoms with Gasteiger partial charge < -0.3 is 5.11 Å². The van der Waals surface area contributed by atoms with Crippen LogP contribution < -0.4 is 0 Å². The highest BCUT2D eigenvalue weighted by molar-refractivity contribution is 9.10. The van der Waals surface area contributed by atoms with Gasteiger partial charge in [-0.1, -0.05) is 42.1 Å². The number of halogens is 1. The lowest BCUT2D eigenvalue weighted by Crippen LogP contribution is -2.29. The van der Waals surface area contributed by atoms with Crippen molar-refractivity contribution < 1.29 is 18.3 Å². The van der Waals surface area contributed by atoms with Crippen LogP contribution >= 0.6 is 15.9 Å². The van der Waals surface area contributed by atoms with Gasteiger partial charge in [-0.05, 0) is 37.0 Å². The molecular formula is C15H19BrO4S. The standard InChI is InChI=1S/C15H19BrO4S/c1-2-10-4-3-5-12(8-10)21(19,20)14-9-11(16)6-7-13(14)15(17)18/h6-7,9-10,12H,2-5,8H2,1H3,(H,17,18). The molecule has 1 aromatic rings. The molecule has 2 atom stereocenters. The van der Waals surface area contributed by atoms with E-state index in [4.69, 9.17) is 0 Å². The minimum atomic E-state index is -3.61. The third-order valence-electron chi connectivity index (χ3n) is 4.23. The van der Waals surface area contributed by atoms with Gasteiger partial charge in [0.25, 0.3) is 0 Å². The molecular weight excluding hydrogens is 356 g/mol. The summed E-state index contributed by atoms with van der Waals surface area (Å²) in [6, 6.07) is 4.31. The van der Waals surface area contributed by atoms with Gasteiger partial charge >= 0.3 is 5.97 Å². The smallest absolute Gasteiger partial charge is 0.337 e. The normalized spacial score (nSPS) is 23.0. The minimum absolute atomic E-state index is 0.0638. The molecule has 0 spiro atoms. The van der Waals surface area contributed by atoms with Crippen LogP contribution in [0.2, 0.25) is 0 Å². The highest BCUT2D eigenvalue weighted by Gasteiger charge is 2.34. The lowest BCUT2D eigenvalue weighted by Gasteiger charge is -2.28. The summed E-state index contributed by atoms with van der Waals surface area (Å²) in [6.07, 6.45) is 4.16. The first-order valence-corrected chi connectivity index (χ1v) is 9.47. The summed E-state index contributed by atoms with van der Waals surface area (Å²) in [6.45, 7) is 2.07. The SMILES string of the molecule is CCC1CCCC(S(=O)(=O)c2cc(Br)ccc2C(=O)O)C1. The zero-order chi connectivity index (χ0) is 15.6. The Bertz CT molecular complexity index is 639. The van der Waals surface area contributed by atoms with Gasteiger partial charge in [0.05, 0.1) is 15.7 Å². The van der Waals surface area contributed by atoms with Gasteiger partial charge in [-0.2, -0.15) is 0 Å². The number of carboxylic acids is 1. The van der Waals surface area contributed by atoms with E-state index in [2.05, 4.69) is 22.9 Å². The van der Waals surface area contributed by atoms with Crippen molar-refractivity contribution in [1.82, 2.24) is 0 Å². The van der Waals surface area contributed by atoms with Gasteiger partial charge in [-0.15, -0.1) is 0 Å². The molecule has 21 heavy (non-hydrogen) atoms. The number of hydrogen-bond acceptors (Lipinski definition) is 3. The minimum Gasteiger partial charge on any atom is -0.478 e. The van der Waals surface area contributed by atoms with Crippen LogP contribution in [0, 0.1) is 5.92 Å². The highest BCUT2D eigenvalue weighted by Crippen LogP contribution is 2.35. The van der Waals surface area contributed by atoms with Crippen LogP contribution in [0.4, 0.5) is 0 Å². The van der Waals surface area contributed by atoms with Gasteiger partial charge in [-0.25, -0.2) is 13.2 Å². The molecule has 0 heterocycles. The van der Waals surface area contributed by atoms with Crippen molar-refractivity contribution in [2.45, 2.75) is 49.2 Å². The summed E-state index contributed by atoms with van der Waals surface area (Å²) < 4.78 is 26.3. The molecule has 0 amide bonds. The third-order valence-corrected chi connectivity index (χ3v) is 6.98. The largest absolute Gasteiger partial charge is 0.478 e. The molecule has 0 bridgehead atoms. The summed E-state index contributed by atoms with van der Waals surface area (Å²) in [7, 11) is -3.61. The van der Waals surface area contributed by atoms with Crippen molar-refractivity contribution in [3.8, 4) is 0 Å². The maximum Gasteiger partial charge on any atom is 0.337 e. The Labute approximate surface area is 133 Å². The zero-order valence-electron chi connectivity index (χ0n) is 11.9. The number of sulfone groups is 1. The number of aromatic carboxylic acids is 1. The maximum absolute atomic E-state index is 12.8. The molecule has 1 fully saturated rings. The molecule has 0 saturated heterocycles. The lowest BCUT2D eigenvalue weighted by molar-refractivity contribution is 0.0692. The molecule has 2 unspecified atom stereocenters. The summed E-state index contributed by atoms with van der Waals surface area (Å²) in [5.41, 5.74) is -0.142. The molecule has 1 N–H and O–H groups in total. The molecule has 1 aliphatic carbocycles. The predicted molar refractivity (Wildman–Crippen MR) is 84.3 cm³/mol. The Morgan fingerprint density at radius 1 is 1.38 bits per heavy atom. The number of benzene rings is 1. The molecule has 0 aliphatic heterocycles. The van der Waals surface area contributed by atoms with Gasteiger partial charge in [0.15, 0.2) is 9.84 Å². The van der Waals surface area contributed by atoms with Gasteiger partial charge in [-0.3, -0.25) is 0 Å². The first-order valence-electron chi connectivity index (χ1n) is 7.13. The molecule has 0 radical (unpaired) electrons. The summed E-state index contributed by atoms with van der Waals surface area (Å²) in [5.74, 6) is -0.789. The second-order valence-corrected chi connectivity index (χ2v) is 8.67. The average molecular weight is 375 g/mol. The average Bonchev–Trinajstić information content (AvgIpc) is 2.46. The first-order chi connectivity index (χ1) is 9.86. The summed E-state index contributed by atoms with van der Waals surface area (Å²) in [5, 5.41) is 8.77. The van der Waals surface area contributed by atoms with Crippen molar-refractivity contribution in [2.75, 3.05) is 0 Å². The highest BCUT2D eigenvalue weighted by atomic mass is 79.9. The van der Waals surface area contributed by atoms with Crippen molar-refractivity contribution in [2.24, 2.45) is 5.92 Å². The predicted octanol–water partition coefficient (Wildman–Crippen LogP) is 3.89. The van der Waals surface area contributed by atoms with E-state index in [-0.39, 0.29) is 10.5 Å². The Balaban J connectivity index is 2.44. The van der Waals surface area contributed by atoms with Crippen LogP contribution in [0.1, 0.15) is 49.4 Å². The van der Waals surface area contributed by atoms with Crippen LogP contribution in [-0.4, -0.2) is 24.7 Å². The van der Waals surface area contributed by atoms with Crippen LogP contribution in [-0.2, 0) is 9.84 Å². The Morgan fingerprint density at radius 3 is 2.71 bits per heavy atom. The molecule has 2 rings (SSSR count). The fourth-order valence-corrected chi connectivity index (χ4v) is 5.61. The van der Waals surface area contributed by atoms with Crippen LogP contribution in [0.25, 0.3) is 0 Å². The number of carbonyl (C=O) groups is 1. The maximum atomic E-state index is 12.8. The van der Waals surface area contributed by atoms with E-state index >= 15 is 0 Å². The van der Waals surface area contributed by atoms with E-state index in [1.807, 2.05) is 0 Å². The topological polar surface area (TPSA) is 71.4 Å². The molecule has 1 aromatic carbocycles. The molecule has 6 heteroatoms. The summed E-state index contributed by atoms with van der Waals surface area (Å²) >= 11 is 3.23. The van der Waals surface area contributed by atoms with E-state index in [1.165, 1.54) is 12.1 Å². The van der Waals surface area contributed by atoms with Crippen LogP contribution in [0.5, 0.6) is 0 Å². The first kappa shape index (κ1) is 16.5. The van der Waals surface area contributed by atoms with Crippen molar-refractivity contribution in [3.05, 3.63) is 28.2 Å². The quantitative estimate of drug-likeness (QED) is 0.867. The second-order valence-electron chi connectivity index (χ2n) is 5.55. The molecule has 116 valence electrons. The van der Waals surface area contributed by atoms with Crippen molar-refractivity contribution in [3.63, 3.8) is 0 Å². The van der Waals surface area contributed by atoms with Crippen molar-refractivity contribution in [1.29, 1.82) is 0 Å². The Morgan fingerprint density at radius 2 is 2.10 bits per heavy atom. The summed E-state index contributed by atoms with van der Waals surface area (Å²) in [4.78, 5) is 11.2. The fraction of sp³-hybridized carbons (Fsp3) is 0.533. The van der Waals surface area contributed by atoms with Crippen LogP contribution in [0.3, 0.4) is 0 Å². The zero-order valence-corrected chi connectivity index (χ0v) is 14.3. The van der Waals surface area contributed by atoms with E-state index in [1.54, 1.807) is 6.07 Å². The van der Waals surface area contributed by atoms with Crippen LogP contribution in [0.15, 0.2) is 27.6 Å². The Kier molecular flexibility index (Phi) is 5.09. The second kappa shape index (κ2) is 6.48. The third kappa shape index (κ3) is 3.48. The monoisotopic (exact) mass is 374 g/mol. The van der Waals surface area contributed by atoms with E-state index in [0.29, 0.717) is 23.2 Å². The van der Waals surface area contributed by atoms with Gasteiger partial charge in [0.1, 0.15) is 0 Å². The lowest BCUT2D eigenvalue weighted by atomic mass is 9.87. The van der Waals surface area contributed by atoms with E-state index < -0.39 is 21.1 Å². The number of rotatable bonds is 4. The van der Waals surface area contributed by atoms with Crippen molar-refractivity contribution >= 4 is 31.7 Å².